The van der Waals surface area contributed by atoms with Gasteiger partial charge >= 0.3 is 0 Å². The molecule has 0 radical (unpaired) electrons. The fourth-order valence-corrected chi connectivity index (χ4v) is 2.01. The van der Waals surface area contributed by atoms with Crippen molar-refractivity contribution in [3.63, 3.8) is 0 Å². The van der Waals surface area contributed by atoms with Crippen LogP contribution in [0.3, 0.4) is 0 Å². The van der Waals surface area contributed by atoms with E-state index in [1.807, 2.05) is 24.3 Å². The third-order valence-corrected chi connectivity index (χ3v) is 3.19. The second kappa shape index (κ2) is 7.56. The van der Waals surface area contributed by atoms with Crippen molar-refractivity contribution in [1.29, 1.82) is 0 Å². The van der Waals surface area contributed by atoms with E-state index in [2.05, 4.69) is 10.5 Å². The Bertz CT molecular complexity index is 632. The van der Waals surface area contributed by atoms with Gasteiger partial charge in [0, 0.05) is 10.6 Å². The molecule has 116 valence electrons. The van der Waals surface area contributed by atoms with E-state index in [9.17, 15) is 0 Å². The Kier molecular flexibility index (Phi) is 5.49. The number of hydrogen-bond acceptors (Lipinski definition) is 5. The van der Waals surface area contributed by atoms with Crippen LogP contribution < -0.4 is 19.6 Å². The number of ether oxygens (including phenoxy) is 3. The molecule has 0 atom stereocenters. The van der Waals surface area contributed by atoms with Crippen molar-refractivity contribution >= 4 is 23.5 Å². The molecule has 0 aliphatic heterocycles. The molecule has 22 heavy (non-hydrogen) atoms. The standard InChI is InChI=1S/C16H17ClN2O3/c1-20-14-8-11(9-15(21-2)16(14)22-3)10-18-19-13-6-4-12(17)5-7-13/h4-10,19H,1-3H3. The molecule has 0 saturated carbocycles. The van der Waals surface area contributed by atoms with Crippen molar-refractivity contribution in [2.45, 2.75) is 0 Å². The highest BCUT2D eigenvalue weighted by Crippen LogP contribution is 2.37. The summed E-state index contributed by atoms with van der Waals surface area (Å²) in [5.74, 6) is 1.71. The maximum absolute atomic E-state index is 5.83. The van der Waals surface area contributed by atoms with E-state index in [-0.39, 0.29) is 0 Å². The summed E-state index contributed by atoms with van der Waals surface area (Å²) in [4.78, 5) is 0. The van der Waals surface area contributed by atoms with Crippen LogP contribution >= 0.6 is 11.6 Å². The summed E-state index contributed by atoms with van der Waals surface area (Å²) in [7, 11) is 4.71. The number of hydrogen-bond donors (Lipinski definition) is 1. The molecule has 0 spiro atoms. The highest BCUT2D eigenvalue weighted by Gasteiger charge is 2.12. The zero-order valence-electron chi connectivity index (χ0n) is 12.6. The maximum atomic E-state index is 5.83. The summed E-state index contributed by atoms with van der Waals surface area (Å²) in [5.41, 5.74) is 4.58. The Balaban J connectivity index is 2.18. The van der Waals surface area contributed by atoms with E-state index in [4.69, 9.17) is 25.8 Å². The van der Waals surface area contributed by atoms with Crippen LogP contribution in [0.4, 0.5) is 5.69 Å². The fourth-order valence-electron chi connectivity index (χ4n) is 1.88. The summed E-state index contributed by atoms with van der Waals surface area (Å²) in [6, 6.07) is 10.9. The second-order valence-electron chi connectivity index (χ2n) is 4.34. The van der Waals surface area contributed by atoms with Crippen LogP contribution in [0, 0.1) is 0 Å². The van der Waals surface area contributed by atoms with Gasteiger partial charge < -0.3 is 14.2 Å². The van der Waals surface area contributed by atoms with Gasteiger partial charge in [0.2, 0.25) is 5.75 Å². The Morgan fingerprint density at radius 2 is 1.55 bits per heavy atom. The maximum Gasteiger partial charge on any atom is 0.203 e. The van der Waals surface area contributed by atoms with Gasteiger partial charge in [-0.3, -0.25) is 5.43 Å². The van der Waals surface area contributed by atoms with Crippen molar-refractivity contribution in [3.05, 3.63) is 47.0 Å². The number of rotatable bonds is 6. The molecule has 0 bridgehead atoms. The first-order valence-corrected chi connectivity index (χ1v) is 6.90. The lowest BCUT2D eigenvalue weighted by atomic mass is 10.2. The molecule has 0 unspecified atom stereocenters. The minimum absolute atomic E-state index is 0.549. The molecule has 0 amide bonds. The van der Waals surface area contributed by atoms with Crippen LogP contribution in [-0.4, -0.2) is 27.5 Å². The van der Waals surface area contributed by atoms with Gasteiger partial charge in [-0.15, -0.1) is 0 Å². The van der Waals surface area contributed by atoms with Gasteiger partial charge in [-0.2, -0.15) is 5.10 Å². The third-order valence-electron chi connectivity index (χ3n) is 2.94. The van der Waals surface area contributed by atoms with Crippen LogP contribution in [0.2, 0.25) is 5.02 Å². The second-order valence-corrected chi connectivity index (χ2v) is 4.77. The Morgan fingerprint density at radius 3 is 2.05 bits per heavy atom. The first-order chi connectivity index (χ1) is 10.7. The smallest absolute Gasteiger partial charge is 0.203 e. The molecule has 0 heterocycles. The molecule has 5 nitrogen and oxygen atoms in total. The molecule has 2 rings (SSSR count). The quantitative estimate of drug-likeness (QED) is 0.649. The first-order valence-electron chi connectivity index (χ1n) is 6.52. The van der Waals surface area contributed by atoms with Crippen LogP contribution in [0.15, 0.2) is 41.5 Å². The predicted octanol–water partition coefficient (Wildman–Crippen LogP) is 3.81. The minimum atomic E-state index is 0.549. The van der Waals surface area contributed by atoms with Gasteiger partial charge in [-0.25, -0.2) is 0 Å². The summed E-state index contributed by atoms with van der Waals surface area (Å²) in [5, 5.41) is 4.86. The topological polar surface area (TPSA) is 52.1 Å². The van der Waals surface area contributed by atoms with Crippen LogP contribution in [0.25, 0.3) is 0 Å². The minimum Gasteiger partial charge on any atom is -0.493 e. The van der Waals surface area contributed by atoms with Crippen LogP contribution in [0.1, 0.15) is 5.56 Å². The number of methoxy groups -OCH3 is 3. The number of anilines is 1. The average Bonchev–Trinajstić information content (AvgIpc) is 2.55. The largest absolute Gasteiger partial charge is 0.493 e. The summed E-state index contributed by atoms with van der Waals surface area (Å²) in [6.07, 6.45) is 1.67. The molecular weight excluding hydrogens is 304 g/mol. The van der Waals surface area contributed by atoms with Crippen LogP contribution in [0.5, 0.6) is 17.2 Å². The Hall–Kier alpha value is -2.40. The first kappa shape index (κ1) is 16.0. The highest BCUT2D eigenvalue weighted by atomic mass is 35.5. The molecule has 0 saturated heterocycles. The van der Waals surface area contributed by atoms with Crippen molar-refractivity contribution in [2.75, 3.05) is 26.8 Å². The van der Waals surface area contributed by atoms with Gasteiger partial charge in [-0.1, -0.05) is 11.6 Å². The normalized spacial score (nSPS) is 10.5. The molecule has 0 aliphatic rings. The van der Waals surface area contributed by atoms with E-state index >= 15 is 0 Å². The molecule has 1 N–H and O–H groups in total. The number of hydrazone groups is 1. The molecule has 6 heteroatoms. The molecule has 2 aromatic carbocycles. The van der Waals surface area contributed by atoms with Gasteiger partial charge in [0.1, 0.15) is 0 Å². The zero-order valence-corrected chi connectivity index (χ0v) is 13.3. The van der Waals surface area contributed by atoms with Crippen molar-refractivity contribution < 1.29 is 14.2 Å². The van der Waals surface area contributed by atoms with E-state index in [0.717, 1.165) is 11.3 Å². The van der Waals surface area contributed by atoms with E-state index in [1.165, 1.54) is 0 Å². The van der Waals surface area contributed by atoms with Crippen molar-refractivity contribution in [3.8, 4) is 17.2 Å². The fraction of sp³-hybridized carbons (Fsp3) is 0.188. The molecule has 0 aliphatic carbocycles. The summed E-state index contributed by atoms with van der Waals surface area (Å²) < 4.78 is 15.9. The van der Waals surface area contributed by atoms with E-state index < -0.39 is 0 Å². The predicted molar refractivity (Wildman–Crippen MR) is 88.8 cm³/mol. The Labute approximate surface area is 134 Å². The number of halogens is 1. The van der Waals surface area contributed by atoms with E-state index in [1.54, 1.807) is 39.7 Å². The Morgan fingerprint density at radius 1 is 0.955 bits per heavy atom. The number of nitrogens with zero attached hydrogens (tertiary/aromatic N) is 1. The molecular formula is C16H17ClN2O3. The lowest BCUT2D eigenvalue weighted by Crippen LogP contribution is -1.97. The SMILES string of the molecule is COc1cc(C=NNc2ccc(Cl)cc2)cc(OC)c1OC. The van der Waals surface area contributed by atoms with E-state index in [0.29, 0.717) is 22.3 Å². The lowest BCUT2D eigenvalue weighted by molar-refractivity contribution is 0.324. The van der Waals surface area contributed by atoms with Gasteiger partial charge in [0.15, 0.2) is 11.5 Å². The number of benzene rings is 2. The van der Waals surface area contributed by atoms with Gasteiger partial charge in [0.25, 0.3) is 0 Å². The highest BCUT2D eigenvalue weighted by molar-refractivity contribution is 6.30. The average molecular weight is 321 g/mol. The zero-order chi connectivity index (χ0) is 15.9. The van der Waals surface area contributed by atoms with Gasteiger partial charge in [-0.05, 0) is 36.4 Å². The monoisotopic (exact) mass is 320 g/mol. The lowest BCUT2D eigenvalue weighted by Gasteiger charge is -2.12. The van der Waals surface area contributed by atoms with Gasteiger partial charge in [0.05, 0.1) is 33.2 Å². The molecule has 0 aromatic heterocycles. The summed E-state index contributed by atoms with van der Waals surface area (Å²) in [6.45, 7) is 0. The summed E-state index contributed by atoms with van der Waals surface area (Å²) >= 11 is 5.83. The van der Waals surface area contributed by atoms with Crippen molar-refractivity contribution in [2.24, 2.45) is 5.10 Å². The number of nitrogens with one attached hydrogen (secondary N) is 1. The third kappa shape index (κ3) is 3.83. The van der Waals surface area contributed by atoms with Crippen LogP contribution in [-0.2, 0) is 0 Å². The molecule has 0 fully saturated rings. The molecule has 2 aromatic rings. The van der Waals surface area contributed by atoms with Crippen molar-refractivity contribution in [1.82, 2.24) is 0 Å².